The number of rotatable bonds is 4. The SMILES string of the molecule is O=C(Nc1cccc(C(F)(F)F)c1)c1ncoc1-c1ccccc1C(=O)N1CCOCC1. The monoisotopic (exact) mass is 445 g/mol. The minimum atomic E-state index is -4.54. The number of halogens is 3. The van der Waals surface area contributed by atoms with Gasteiger partial charge in [-0.05, 0) is 24.3 Å². The maximum absolute atomic E-state index is 13.0. The van der Waals surface area contributed by atoms with Crippen LogP contribution in [0.15, 0.2) is 59.3 Å². The summed E-state index contributed by atoms with van der Waals surface area (Å²) in [7, 11) is 0. The molecule has 0 radical (unpaired) electrons. The summed E-state index contributed by atoms with van der Waals surface area (Å²) in [4.78, 5) is 31.4. The minimum Gasteiger partial charge on any atom is -0.443 e. The van der Waals surface area contributed by atoms with Gasteiger partial charge in [0.05, 0.1) is 24.3 Å². The number of morpholine rings is 1. The molecule has 32 heavy (non-hydrogen) atoms. The summed E-state index contributed by atoms with van der Waals surface area (Å²) in [6, 6.07) is 10.9. The minimum absolute atomic E-state index is 0.0450. The van der Waals surface area contributed by atoms with E-state index in [0.717, 1.165) is 18.5 Å². The van der Waals surface area contributed by atoms with Gasteiger partial charge in [0.1, 0.15) is 0 Å². The number of hydrogen-bond donors (Lipinski definition) is 1. The van der Waals surface area contributed by atoms with Crippen molar-refractivity contribution in [3.63, 3.8) is 0 Å². The van der Waals surface area contributed by atoms with Crippen LogP contribution in [-0.2, 0) is 10.9 Å². The molecule has 1 aliphatic rings. The Bertz CT molecular complexity index is 1140. The molecule has 1 saturated heterocycles. The molecule has 2 heterocycles. The number of carbonyl (C=O) groups excluding carboxylic acids is 2. The summed E-state index contributed by atoms with van der Waals surface area (Å²) in [5.41, 5.74) is -0.409. The van der Waals surface area contributed by atoms with E-state index in [0.29, 0.717) is 37.4 Å². The first kappa shape index (κ1) is 21.6. The van der Waals surface area contributed by atoms with E-state index in [1.807, 2.05) is 0 Å². The van der Waals surface area contributed by atoms with Crippen molar-refractivity contribution in [3.8, 4) is 11.3 Å². The van der Waals surface area contributed by atoms with Gasteiger partial charge in [-0.25, -0.2) is 4.98 Å². The van der Waals surface area contributed by atoms with E-state index in [1.165, 1.54) is 12.1 Å². The standard InChI is InChI=1S/C22H18F3N3O4/c23-22(24,25)14-4-3-5-15(12-14)27-20(29)18-19(32-13-26-18)16-6-1-2-7-17(16)21(30)28-8-10-31-11-9-28/h1-7,12-13H,8-11H2,(H,27,29). The van der Waals surface area contributed by atoms with Crippen LogP contribution in [0, 0.1) is 0 Å². The predicted octanol–water partition coefficient (Wildman–Crippen LogP) is 4.09. The summed E-state index contributed by atoms with van der Waals surface area (Å²) >= 11 is 0. The summed E-state index contributed by atoms with van der Waals surface area (Å²) in [6.45, 7) is 1.74. The molecule has 0 bridgehead atoms. The van der Waals surface area contributed by atoms with E-state index in [2.05, 4.69) is 10.3 Å². The molecule has 166 valence electrons. The second-order valence-corrected chi connectivity index (χ2v) is 7.01. The quantitative estimate of drug-likeness (QED) is 0.654. The van der Waals surface area contributed by atoms with E-state index in [4.69, 9.17) is 9.15 Å². The summed E-state index contributed by atoms with van der Waals surface area (Å²) < 4.78 is 49.6. The number of nitrogens with one attached hydrogen (secondary N) is 1. The zero-order valence-electron chi connectivity index (χ0n) is 16.7. The van der Waals surface area contributed by atoms with Crippen molar-refractivity contribution in [1.29, 1.82) is 0 Å². The Hall–Kier alpha value is -3.66. The van der Waals surface area contributed by atoms with Crippen LogP contribution in [0.2, 0.25) is 0 Å². The van der Waals surface area contributed by atoms with Gasteiger partial charge < -0.3 is 19.4 Å². The van der Waals surface area contributed by atoms with Crippen molar-refractivity contribution in [2.45, 2.75) is 6.18 Å². The Kier molecular flexibility index (Phi) is 5.95. The van der Waals surface area contributed by atoms with E-state index < -0.39 is 17.6 Å². The van der Waals surface area contributed by atoms with Crippen LogP contribution in [-0.4, -0.2) is 48.0 Å². The van der Waals surface area contributed by atoms with Crippen LogP contribution in [0.5, 0.6) is 0 Å². The normalized spacial score (nSPS) is 14.3. The van der Waals surface area contributed by atoms with Gasteiger partial charge in [-0.15, -0.1) is 0 Å². The molecule has 1 N–H and O–H groups in total. The Morgan fingerprint density at radius 2 is 1.78 bits per heavy atom. The maximum atomic E-state index is 13.0. The van der Waals surface area contributed by atoms with Crippen molar-refractivity contribution >= 4 is 17.5 Å². The molecule has 3 aromatic rings. The van der Waals surface area contributed by atoms with Gasteiger partial charge in [0.15, 0.2) is 17.8 Å². The van der Waals surface area contributed by atoms with E-state index in [9.17, 15) is 22.8 Å². The highest BCUT2D eigenvalue weighted by molar-refractivity contribution is 6.08. The molecule has 4 rings (SSSR count). The number of aromatic nitrogens is 1. The highest BCUT2D eigenvalue weighted by Gasteiger charge is 2.31. The van der Waals surface area contributed by atoms with Crippen LogP contribution in [0.3, 0.4) is 0 Å². The van der Waals surface area contributed by atoms with Gasteiger partial charge in [0.25, 0.3) is 11.8 Å². The topological polar surface area (TPSA) is 84.7 Å². The van der Waals surface area contributed by atoms with Gasteiger partial charge in [-0.1, -0.05) is 24.3 Å². The lowest BCUT2D eigenvalue weighted by atomic mass is 10.0. The third-order valence-corrected chi connectivity index (χ3v) is 4.93. The van der Waals surface area contributed by atoms with E-state index >= 15 is 0 Å². The molecule has 0 aliphatic carbocycles. The van der Waals surface area contributed by atoms with Gasteiger partial charge in [0, 0.05) is 24.3 Å². The Labute approximate surface area is 180 Å². The Morgan fingerprint density at radius 3 is 2.53 bits per heavy atom. The molecule has 0 spiro atoms. The summed E-state index contributed by atoms with van der Waals surface area (Å²) in [6.07, 6.45) is -3.50. The molecule has 1 fully saturated rings. The van der Waals surface area contributed by atoms with Crippen molar-refractivity contribution in [2.24, 2.45) is 0 Å². The fraction of sp³-hybridized carbons (Fsp3) is 0.227. The summed E-state index contributed by atoms with van der Waals surface area (Å²) in [5.74, 6) is -0.960. The van der Waals surface area contributed by atoms with Gasteiger partial charge in [-0.2, -0.15) is 13.2 Å². The molecule has 2 amide bonds. The fourth-order valence-electron chi connectivity index (χ4n) is 3.37. The molecule has 0 atom stereocenters. The van der Waals surface area contributed by atoms with E-state index in [1.54, 1.807) is 29.2 Å². The molecule has 1 aliphatic heterocycles. The second kappa shape index (κ2) is 8.83. The second-order valence-electron chi connectivity index (χ2n) is 7.01. The number of anilines is 1. The maximum Gasteiger partial charge on any atom is 0.416 e. The van der Waals surface area contributed by atoms with Gasteiger partial charge in [-0.3, -0.25) is 9.59 Å². The van der Waals surface area contributed by atoms with Gasteiger partial charge in [0.2, 0.25) is 0 Å². The molecule has 1 aromatic heterocycles. The Balaban J connectivity index is 1.62. The number of nitrogens with zero attached hydrogens (tertiary/aromatic N) is 2. The third kappa shape index (κ3) is 4.50. The molecular weight excluding hydrogens is 427 g/mol. The Morgan fingerprint density at radius 1 is 1.03 bits per heavy atom. The number of oxazole rings is 1. The number of benzene rings is 2. The zero-order chi connectivity index (χ0) is 22.7. The van der Waals surface area contributed by atoms with Crippen LogP contribution in [0.4, 0.5) is 18.9 Å². The number of hydrogen-bond acceptors (Lipinski definition) is 5. The highest BCUT2D eigenvalue weighted by Crippen LogP contribution is 2.32. The lowest BCUT2D eigenvalue weighted by molar-refractivity contribution is -0.137. The molecular formula is C22H18F3N3O4. The molecule has 2 aromatic carbocycles. The predicted molar refractivity (Wildman–Crippen MR) is 108 cm³/mol. The van der Waals surface area contributed by atoms with Crippen LogP contribution < -0.4 is 5.32 Å². The summed E-state index contributed by atoms with van der Waals surface area (Å²) in [5, 5.41) is 2.41. The fourth-order valence-corrected chi connectivity index (χ4v) is 3.37. The van der Waals surface area contributed by atoms with Crippen molar-refractivity contribution in [3.05, 3.63) is 71.7 Å². The first-order valence-corrected chi connectivity index (χ1v) is 9.73. The van der Waals surface area contributed by atoms with Crippen molar-refractivity contribution < 1.29 is 31.9 Å². The average molecular weight is 445 g/mol. The first-order chi connectivity index (χ1) is 15.3. The van der Waals surface area contributed by atoms with Crippen LogP contribution in [0.1, 0.15) is 26.4 Å². The van der Waals surface area contributed by atoms with Crippen molar-refractivity contribution in [1.82, 2.24) is 9.88 Å². The third-order valence-electron chi connectivity index (χ3n) is 4.93. The van der Waals surface area contributed by atoms with Crippen LogP contribution in [0.25, 0.3) is 11.3 Å². The highest BCUT2D eigenvalue weighted by atomic mass is 19.4. The van der Waals surface area contributed by atoms with E-state index in [-0.39, 0.29) is 23.0 Å². The zero-order valence-corrected chi connectivity index (χ0v) is 16.7. The lowest BCUT2D eigenvalue weighted by Crippen LogP contribution is -2.40. The van der Waals surface area contributed by atoms with Gasteiger partial charge >= 0.3 is 6.18 Å². The number of carbonyl (C=O) groups is 2. The lowest BCUT2D eigenvalue weighted by Gasteiger charge is -2.27. The van der Waals surface area contributed by atoms with Crippen molar-refractivity contribution in [2.75, 3.05) is 31.6 Å². The smallest absolute Gasteiger partial charge is 0.416 e. The molecule has 0 saturated carbocycles. The first-order valence-electron chi connectivity index (χ1n) is 9.73. The number of alkyl halides is 3. The molecule has 0 unspecified atom stereocenters. The largest absolute Gasteiger partial charge is 0.443 e. The number of amides is 2. The average Bonchev–Trinajstić information content (AvgIpc) is 3.29. The number of ether oxygens (including phenoxy) is 1. The van der Waals surface area contributed by atoms with Crippen LogP contribution >= 0.6 is 0 Å². The molecule has 10 heteroatoms. The molecule has 7 nitrogen and oxygen atoms in total.